The number of hydrogen-bond acceptors (Lipinski definition) is 2. The van der Waals surface area contributed by atoms with Crippen molar-refractivity contribution in [3.05, 3.63) is 155 Å². The molecule has 1 atom stereocenters. The fourth-order valence-electron chi connectivity index (χ4n) is 8.08. The van der Waals surface area contributed by atoms with Gasteiger partial charge in [0.2, 0.25) is 0 Å². The van der Waals surface area contributed by atoms with E-state index in [-0.39, 0.29) is 11.5 Å². The summed E-state index contributed by atoms with van der Waals surface area (Å²) in [6.45, 7) is 13.4. The molecular formula is C46H44N3+. The van der Waals surface area contributed by atoms with Gasteiger partial charge >= 0.3 is 0 Å². The largest absolute Gasteiger partial charge is 0.310 e. The summed E-state index contributed by atoms with van der Waals surface area (Å²) < 4.78 is 2.64. The topological polar surface area (TPSA) is 30.0 Å². The molecule has 2 aliphatic rings. The van der Waals surface area contributed by atoms with Gasteiger partial charge in [-0.15, -0.1) is 0 Å². The molecule has 0 spiro atoms. The lowest BCUT2D eigenvalue weighted by atomic mass is 9.68. The van der Waals surface area contributed by atoms with Crippen LogP contribution in [0, 0.1) is 16.7 Å². The first kappa shape index (κ1) is 32.1. The van der Waals surface area contributed by atoms with Gasteiger partial charge in [0.15, 0.2) is 17.5 Å². The summed E-state index contributed by atoms with van der Waals surface area (Å²) in [5.41, 5.74) is 10.6. The maximum absolute atomic E-state index is 9.78. The Morgan fingerprint density at radius 3 is 2.39 bits per heavy atom. The Labute approximate surface area is 290 Å². The number of allylic oxidation sites excluding steroid dienone is 6. The van der Waals surface area contributed by atoms with E-state index in [1.54, 1.807) is 0 Å². The number of hydrogen-bond donors (Lipinski definition) is 0. The molecule has 3 heteroatoms. The second-order valence-electron chi connectivity index (χ2n) is 14.0. The van der Waals surface area contributed by atoms with Crippen LogP contribution in [-0.4, -0.2) is 16.3 Å². The van der Waals surface area contributed by atoms with Gasteiger partial charge in [0, 0.05) is 40.0 Å². The van der Waals surface area contributed by atoms with E-state index >= 15 is 0 Å². The number of aryl methyl sites for hydroxylation is 1. The minimum absolute atomic E-state index is 0.0230. The Kier molecular flexibility index (Phi) is 8.43. The molecule has 3 nitrogen and oxygen atoms in total. The Morgan fingerprint density at radius 1 is 0.878 bits per heavy atom. The van der Waals surface area contributed by atoms with Gasteiger partial charge in [-0.1, -0.05) is 84.5 Å². The number of para-hydroxylation sites is 1. The van der Waals surface area contributed by atoms with Crippen molar-refractivity contribution in [2.45, 2.75) is 60.4 Å². The minimum Gasteiger partial charge on any atom is -0.310 e. The predicted octanol–water partition coefficient (Wildman–Crippen LogP) is 11.0. The van der Waals surface area contributed by atoms with Crippen molar-refractivity contribution in [2.24, 2.45) is 5.41 Å². The first-order valence-corrected chi connectivity index (χ1v) is 17.4. The van der Waals surface area contributed by atoms with Crippen LogP contribution in [0.2, 0.25) is 0 Å². The summed E-state index contributed by atoms with van der Waals surface area (Å²) in [5.74, 6) is 0. The van der Waals surface area contributed by atoms with Gasteiger partial charge in [-0.3, -0.25) is 0 Å². The van der Waals surface area contributed by atoms with Crippen molar-refractivity contribution in [3.63, 3.8) is 0 Å². The van der Waals surface area contributed by atoms with Crippen LogP contribution in [0.5, 0.6) is 0 Å². The quantitative estimate of drug-likeness (QED) is 0.125. The van der Waals surface area contributed by atoms with Crippen LogP contribution < -0.4 is 10.1 Å². The highest BCUT2D eigenvalue weighted by Crippen LogP contribution is 2.45. The summed E-state index contributed by atoms with van der Waals surface area (Å²) in [6.07, 6.45) is 15.5. The lowest BCUT2D eigenvalue weighted by Crippen LogP contribution is -2.59. The monoisotopic (exact) mass is 638 g/mol. The molecule has 0 aromatic heterocycles. The molecule has 0 saturated heterocycles. The Hall–Kier alpha value is -5.46. The second kappa shape index (κ2) is 12.9. The van der Waals surface area contributed by atoms with E-state index < -0.39 is 0 Å². The van der Waals surface area contributed by atoms with E-state index in [1.165, 1.54) is 54.9 Å². The van der Waals surface area contributed by atoms with E-state index in [0.717, 1.165) is 29.9 Å². The zero-order valence-electron chi connectivity index (χ0n) is 29.5. The van der Waals surface area contributed by atoms with Crippen LogP contribution in [0.15, 0.2) is 139 Å². The molecule has 0 fully saturated rings. The molecule has 5 aromatic carbocycles. The van der Waals surface area contributed by atoms with Crippen LogP contribution >= 0.6 is 0 Å². The molecule has 242 valence electrons. The van der Waals surface area contributed by atoms with Crippen LogP contribution in [0.1, 0.15) is 59.1 Å². The van der Waals surface area contributed by atoms with Crippen LogP contribution in [-0.2, 0) is 6.42 Å². The van der Waals surface area contributed by atoms with E-state index in [0.29, 0.717) is 5.56 Å². The van der Waals surface area contributed by atoms with Crippen LogP contribution in [0.4, 0.5) is 17.1 Å². The summed E-state index contributed by atoms with van der Waals surface area (Å²) in [5, 5.41) is 16.2. The summed E-state index contributed by atoms with van der Waals surface area (Å²) in [4.78, 5) is 2.29. The normalized spacial score (nSPS) is 17.2. The van der Waals surface area contributed by atoms with Crippen LogP contribution in [0.25, 0.3) is 27.2 Å². The maximum Gasteiger partial charge on any atom is 0.198 e. The highest BCUT2D eigenvalue weighted by molar-refractivity contribution is 6.17. The fourth-order valence-corrected chi connectivity index (χ4v) is 8.08. The van der Waals surface area contributed by atoms with Crippen molar-refractivity contribution < 1.29 is 4.58 Å². The van der Waals surface area contributed by atoms with E-state index in [9.17, 15) is 5.26 Å². The second-order valence-corrected chi connectivity index (χ2v) is 14.0. The van der Waals surface area contributed by atoms with Crippen molar-refractivity contribution >= 4 is 50.0 Å². The molecule has 49 heavy (non-hydrogen) atoms. The molecule has 0 bridgehead atoms. The molecular weight excluding hydrogens is 595 g/mol. The lowest BCUT2D eigenvalue weighted by Gasteiger charge is -2.42. The molecule has 1 unspecified atom stereocenters. The maximum atomic E-state index is 9.78. The first-order chi connectivity index (χ1) is 23.8. The Balaban J connectivity index is 1.53. The summed E-state index contributed by atoms with van der Waals surface area (Å²) in [7, 11) is 0. The average molecular weight is 639 g/mol. The molecule has 5 aromatic rings. The molecule has 1 aliphatic heterocycles. The summed E-state index contributed by atoms with van der Waals surface area (Å²) >= 11 is 0. The minimum atomic E-state index is -0.0230. The zero-order valence-corrected chi connectivity index (χ0v) is 29.5. The van der Waals surface area contributed by atoms with Crippen LogP contribution in [0.3, 0.4) is 0 Å². The third-order valence-corrected chi connectivity index (χ3v) is 10.3. The fraction of sp³-hybridized carbons (Fsp3) is 0.217. The van der Waals surface area contributed by atoms with Gasteiger partial charge in [-0.2, -0.15) is 9.84 Å². The standard InChI is InChI=1S/C46H44N3/c1-7-14-33(8-2)45-46(5,6)42(20-12-15-31(3)4)49(45)41-28-24-35-21-25-38-40(27-23-34-22-26-39(41)44(35)43(34)38)48(36-17-10-9-11-18-36)37-19-13-16-32(29-37)30-47/h7-23,25-27,29,45H,24,28H2,1-6H3/q+1/b14-7-,20-12-,33-8+. The SMILES string of the molecule is C/C=C\C(=C/C)C1[N+](C2=c3ccc4ccc(N(c5ccccc5)c5cccc(C#N)c5)c5ccc(c3c45)CC2)=C(/C=C\C=C(C)C)C1(C)C. The first-order valence-electron chi connectivity index (χ1n) is 17.4. The van der Waals surface area contributed by atoms with Gasteiger partial charge in [-0.05, 0) is 112 Å². The highest BCUT2D eigenvalue weighted by Gasteiger charge is 2.57. The molecule has 1 aliphatic carbocycles. The summed E-state index contributed by atoms with van der Waals surface area (Å²) in [6, 6.07) is 34.8. The predicted molar refractivity (Wildman–Crippen MR) is 208 cm³/mol. The van der Waals surface area contributed by atoms with Crippen molar-refractivity contribution in [3.8, 4) is 6.07 Å². The average Bonchev–Trinajstić information content (AvgIpc) is 3.12. The Bertz CT molecular complexity index is 2350. The highest BCUT2D eigenvalue weighted by atomic mass is 15.2. The van der Waals surface area contributed by atoms with Crippen molar-refractivity contribution in [2.75, 3.05) is 4.90 Å². The molecule has 0 N–H and O–H groups in total. The number of anilines is 3. The van der Waals surface area contributed by atoms with E-state index in [1.807, 2.05) is 24.3 Å². The van der Waals surface area contributed by atoms with Gasteiger partial charge in [-0.25, -0.2) is 0 Å². The van der Waals surface area contributed by atoms with Crippen molar-refractivity contribution in [1.82, 2.24) is 0 Å². The number of nitrogens with zero attached hydrogens (tertiary/aromatic N) is 3. The van der Waals surface area contributed by atoms with Gasteiger partial charge in [0.05, 0.1) is 17.3 Å². The zero-order chi connectivity index (χ0) is 34.3. The Morgan fingerprint density at radius 2 is 1.65 bits per heavy atom. The molecule has 7 rings (SSSR count). The van der Waals surface area contributed by atoms with Crippen molar-refractivity contribution in [1.29, 1.82) is 5.26 Å². The smallest absolute Gasteiger partial charge is 0.198 e. The third-order valence-electron chi connectivity index (χ3n) is 10.3. The molecule has 1 heterocycles. The lowest BCUT2D eigenvalue weighted by molar-refractivity contribution is -0.525. The molecule has 0 radical (unpaired) electrons. The molecule has 0 saturated carbocycles. The molecule has 0 amide bonds. The van der Waals surface area contributed by atoms with Gasteiger partial charge in [0.25, 0.3) is 0 Å². The third kappa shape index (κ3) is 5.42. The number of nitriles is 1. The number of benzene rings is 5. The van der Waals surface area contributed by atoms with Gasteiger partial charge in [0.1, 0.15) is 5.41 Å². The van der Waals surface area contributed by atoms with Gasteiger partial charge < -0.3 is 4.90 Å². The van der Waals surface area contributed by atoms with E-state index in [2.05, 4.69) is 160 Å². The number of rotatable bonds is 8. The van der Waals surface area contributed by atoms with E-state index in [4.69, 9.17) is 0 Å².